The van der Waals surface area contributed by atoms with E-state index in [2.05, 4.69) is 4.99 Å². The average Bonchev–Trinajstić information content (AvgIpc) is 3.26. The molecule has 2 aromatic carbocycles. The molecule has 8 heteroatoms. The van der Waals surface area contributed by atoms with Crippen molar-refractivity contribution in [2.75, 3.05) is 19.1 Å². The summed E-state index contributed by atoms with van der Waals surface area (Å²) in [5.74, 6) is -0.781. The minimum atomic E-state index is -0.696. The number of ether oxygens (including phenoxy) is 1. The number of hydrogen-bond acceptors (Lipinski definition) is 6. The molecular weight excluding hydrogens is 426 g/mol. The summed E-state index contributed by atoms with van der Waals surface area (Å²) in [5.41, 5.74) is 3.02. The first-order valence-electron chi connectivity index (χ1n) is 10.00. The van der Waals surface area contributed by atoms with Crippen LogP contribution in [-0.2, 0) is 14.3 Å². The molecule has 0 aliphatic carbocycles. The Kier molecular flexibility index (Phi) is 4.67. The predicted octanol–water partition coefficient (Wildman–Crippen LogP) is 1.75. The van der Waals surface area contributed by atoms with Gasteiger partial charge in [0.2, 0.25) is 0 Å². The van der Waals surface area contributed by atoms with Crippen LogP contribution in [-0.4, -0.2) is 30.6 Å². The molecule has 5 rings (SSSR count). The van der Waals surface area contributed by atoms with E-state index in [4.69, 9.17) is 4.74 Å². The molecule has 2 aliphatic heterocycles. The second-order valence-electron chi connectivity index (χ2n) is 7.56. The number of para-hydroxylation sites is 1. The molecule has 0 N–H and O–H groups in total. The van der Waals surface area contributed by atoms with Crippen LogP contribution in [0.2, 0.25) is 0 Å². The van der Waals surface area contributed by atoms with E-state index in [1.54, 1.807) is 18.9 Å². The number of methoxy groups -OCH3 is 1. The van der Waals surface area contributed by atoms with Crippen molar-refractivity contribution in [1.82, 2.24) is 4.57 Å². The number of carbonyl (C=O) groups excluding carboxylic acids is 2. The maximum absolute atomic E-state index is 13.8. The summed E-state index contributed by atoms with van der Waals surface area (Å²) >= 11 is 1.17. The number of esters is 1. The van der Waals surface area contributed by atoms with Crippen molar-refractivity contribution in [3.8, 4) is 0 Å². The minimum absolute atomic E-state index is 0.239. The van der Waals surface area contributed by atoms with E-state index in [0.29, 0.717) is 31.7 Å². The van der Waals surface area contributed by atoms with Gasteiger partial charge < -0.3 is 9.64 Å². The third kappa shape index (κ3) is 2.80. The molecule has 1 aromatic heterocycles. The van der Waals surface area contributed by atoms with Gasteiger partial charge in [0, 0.05) is 12.6 Å². The zero-order valence-electron chi connectivity index (χ0n) is 17.7. The van der Waals surface area contributed by atoms with Crippen LogP contribution < -0.4 is 19.8 Å². The predicted molar refractivity (Wildman–Crippen MR) is 121 cm³/mol. The summed E-state index contributed by atoms with van der Waals surface area (Å²) in [5, 5.41) is 0. The fourth-order valence-corrected chi connectivity index (χ4v) is 5.42. The third-order valence-electron chi connectivity index (χ3n) is 5.80. The lowest BCUT2D eigenvalue weighted by atomic mass is 9.96. The van der Waals surface area contributed by atoms with Crippen molar-refractivity contribution in [3.05, 3.63) is 96.7 Å². The quantitative estimate of drug-likeness (QED) is 0.563. The van der Waals surface area contributed by atoms with Gasteiger partial charge in [-0.05, 0) is 18.6 Å². The zero-order chi connectivity index (χ0) is 22.6. The summed E-state index contributed by atoms with van der Waals surface area (Å²) in [6.45, 7) is 1.73. The van der Waals surface area contributed by atoms with Gasteiger partial charge >= 0.3 is 5.97 Å². The van der Waals surface area contributed by atoms with E-state index in [0.717, 1.165) is 11.3 Å². The molecular formula is C24H19N3O4S. The number of rotatable bonds is 2. The average molecular weight is 446 g/mol. The molecule has 0 saturated heterocycles. The highest BCUT2D eigenvalue weighted by Crippen LogP contribution is 2.34. The summed E-state index contributed by atoms with van der Waals surface area (Å²) in [4.78, 5) is 46.1. The van der Waals surface area contributed by atoms with Gasteiger partial charge in [-0.2, -0.15) is 0 Å². The Balaban J connectivity index is 1.86. The van der Waals surface area contributed by atoms with Gasteiger partial charge in [0.1, 0.15) is 4.53 Å². The number of thiazole rings is 1. The van der Waals surface area contributed by atoms with E-state index in [-0.39, 0.29) is 11.5 Å². The minimum Gasteiger partial charge on any atom is -0.466 e. The first kappa shape index (κ1) is 20.1. The smallest absolute Gasteiger partial charge is 0.338 e. The van der Waals surface area contributed by atoms with Gasteiger partial charge in [-0.3, -0.25) is 14.2 Å². The Morgan fingerprint density at radius 1 is 1.06 bits per heavy atom. The normalized spacial score (nSPS) is 18.9. The fourth-order valence-electron chi connectivity index (χ4n) is 4.28. The second-order valence-corrected chi connectivity index (χ2v) is 8.54. The Morgan fingerprint density at radius 2 is 1.75 bits per heavy atom. The lowest BCUT2D eigenvalue weighted by Gasteiger charge is -2.24. The highest BCUT2D eigenvalue weighted by molar-refractivity contribution is 7.07. The number of likely N-dealkylation sites (N-methyl/N-ethyl adjacent to an activating group) is 1. The van der Waals surface area contributed by atoms with Gasteiger partial charge in [-0.15, -0.1) is 0 Å². The van der Waals surface area contributed by atoms with E-state index in [1.165, 1.54) is 23.0 Å². The number of fused-ring (bicyclic) bond motifs is 2. The molecule has 2 aliphatic rings. The number of aromatic nitrogens is 1. The van der Waals surface area contributed by atoms with Crippen LogP contribution in [0.3, 0.4) is 0 Å². The number of nitrogens with zero attached hydrogens (tertiary/aromatic N) is 3. The number of hydrogen-bond donors (Lipinski definition) is 0. The van der Waals surface area contributed by atoms with Crippen LogP contribution in [0.25, 0.3) is 5.57 Å². The largest absolute Gasteiger partial charge is 0.466 e. The first-order chi connectivity index (χ1) is 15.4. The monoisotopic (exact) mass is 445 g/mol. The maximum Gasteiger partial charge on any atom is 0.338 e. The summed E-state index contributed by atoms with van der Waals surface area (Å²) in [6.07, 6.45) is 0. The van der Waals surface area contributed by atoms with Crippen LogP contribution >= 0.6 is 11.3 Å². The highest BCUT2D eigenvalue weighted by atomic mass is 32.1. The van der Waals surface area contributed by atoms with Crippen molar-refractivity contribution < 1.29 is 14.3 Å². The van der Waals surface area contributed by atoms with E-state index < -0.39 is 12.0 Å². The number of carbonyl (C=O) groups is 2. The Hall–Kier alpha value is -3.78. The van der Waals surface area contributed by atoms with E-state index in [9.17, 15) is 14.4 Å². The third-order valence-corrected chi connectivity index (χ3v) is 6.85. The van der Waals surface area contributed by atoms with E-state index >= 15 is 0 Å². The molecule has 7 nitrogen and oxygen atoms in total. The van der Waals surface area contributed by atoms with Crippen molar-refractivity contribution >= 4 is 34.5 Å². The van der Waals surface area contributed by atoms with Crippen molar-refractivity contribution in [3.63, 3.8) is 0 Å². The van der Waals surface area contributed by atoms with Crippen LogP contribution in [0.15, 0.2) is 75.7 Å². The summed E-state index contributed by atoms with van der Waals surface area (Å²) < 4.78 is 6.82. The number of benzene rings is 2. The molecule has 1 unspecified atom stereocenters. The summed E-state index contributed by atoms with van der Waals surface area (Å²) in [7, 11) is 3.00. The lowest BCUT2D eigenvalue weighted by molar-refractivity contribution is -0.136. The Morgan fingerprint density at radius 3 is 2.47 bits per heavy atom. The van der Waals surface area contributed by atoms with Gasteiger partial charge in [0.15, 0.2) is 4.80 Å². The van der Waals surface area contributed by atoms with Gasteiger partial charge in [-0.1, -0.05) is 59.9 Å². The van der Waals surface area contributed by atoms with Gasteiger partial charge in [0.25, 0.3) is 11.5 Å². The number of anilines is 1. The fraction of sp³-hybridized carbons (Fsp3) is 0.167. The molecule has 3 aromatic rings. The van der Waals surface area contributed by atoms with Crippen molar-refractivity contribution in [1.29, 1.82) is 0 Å². The SMILES string of the molecule is COC(=O)C1=C(C)N=c2sc(=C3C(=O)N(C)c4ccccc43)c(=O)n2C1c1ccccc1. The molecule has 0 saturated carbocycles. The Bertz CT molecular complexity index is 1500. The van der Waals surface area contributed by atoms with Crippen molar-refractivity contribution in [2.45, 2.75) is 13.0 Å². The van der Waals surface area contributed by atoms with E-state index in [1.807, 2.05) is 54.6 Å². The van der Waals surface area contributed by atoms with Gasteiger partial charge in [0.05, 0.1) is 35.7 Å². The lowest BCUT2D eigenvalue weighted by Crippen LogP contribution is -2.40. The molecule has 3 heterocycles. The first-order valence-corrected chi connectivity index (χ1v) is 10.8. The molecule has 1 atom stereocenters. The molecule has 0 radical (unpaired) electrons. The standard InChI is InChI=1S/C24H19N3O4S/c1-13-17(23(30)31-3)19(14-9-5-4-6-10-14)27-22(29)20(32-24(27)25-13)18-15-11-7-8-12-16(15)26(2)21(18)28/h4-12,19H,1-3H3. The topological polar surface area (TPSA) is 81.0 Å². The molecule has 32 heavy (non-hydrogen) atoms. The van der Waals surface area contributed by atoms with Gasteiger partial charge in [-0.25, -0.2) is 9.79 Å². The van der Waals surface area contributed by atoms with Crippen LogP contribution in [0.4, 0.5) is 5.69 Å². The van der Waals surface area contributed by atoms with Crippen molar-refractivity contribution in [2.24, 2.45) is 4.99 Å². The maximum atomic E-state index is 13.8. The van der Waals surface area contributed by atoms with Crippen LogP contribution in [0, 0.1) is 0 Å². The highest BCUT2D eigenvalue weighted by Gasteiger charge is 2.36. The second kappa shape index (κ2) is 7.42. The van der Waals surface area contributed by atoms with Crippen LogP contribution in [0.1, 0.15) is 24.1 Å². The Labute approximate surface area is 187 Å². The molecule has 160 valence electrons. The molecule has 1 amide bonds. The number of amides is 1. The zero-order valence-corrected chi connectivity index (χ0v) is 18.5. The summed E-state index contributed by atoms with van der Waals surface area (Å²) in [6, 6.07) is 16.0. The number of allylic oxidation sites excluding steroid dienone is 1. The van der Waals surface area contributed by atoms with Crippen LogP contribution in [0.5, 0.6) is 0 Å². The molecule has 0 bridgehead atoms. The molecule has 0 spiro atoms. The molecule has 0 fully saturated rings.